The fourth-order valence-corrected chi connectivity index (χ4v) is 3.66. The molecule has 0 spiro atoms. The minimum absolute atomic E-state index is 0.137. The molecule has 1 aliphatic rings. The molecule has 152 valence electrons. The van der Waals surface area contributed by atoms with E-state index in [0.717, 1.165) is 0 Å². The first-order valence-corrected chi connectivity index (χ1v) is 10.1. The molecule has 0 amide bonds. The second-order valence-corrected chi connectivity index (χ2v) is 7.50. The number of esters is 1. The molecule has 0 bridgehead atoms. The smallest absolute Gasteiger partial charge is 0.337 e. The summed E-state index contributed by atoms with van der Waals surface area (Å²) in [5.41, 5.74) is 0.262. The number of nitro benzene ring substituents is 1. The molecule has 0 fully saturated rings. The normalized spacial score (nSPS) is 15.7. The van der Waals surface area contributed by atoms with Crippen molar-refractivity contribution in [1.82, 2.24) is 9.97 Å². The van der Waals surface area contributed by atoms with E-state index >= 15 is 0 Å². The third-order valence-corrected chi connectivity index (χ3v) is 5.00. The SMILES string of the molecule is CSc1nc2c(c(=O)[nH]1)C(c1ccccc1[N+](=O)[O-])C(C(=O)OC(C)C)=C(C)N2. The van der Waals surface area contributed by atoms with E-state index < -0.39 is 28.5 Å². The molecule has 1 aromatic carbocycles. The second-order valence-electron chi connectivity index (χ2n) is 6.70. The van der Waals surface area contributed by atoms with Crippen LogP contribution in [-0.4, -0.2) is 33.2 Å². The van der Waals surface area contributed by atoms with Crippen molar-refractivity contribution in [2.45, 2.75) is 37.9 Å². The number of carbonyl (C=O) groups excluding carboxylic acids is 1. The van der Waals surface area contributed by atoms with Crippen LogP contribution in [0, 0.1) is 10.1 Å². The van der Waals surface area contributed by atoms with Crippen LogP contribution >= 0.6 is 11.8 Å². The molecule has 2 heterocycles. The number of ether oxygens (including phenoxy) is 1. The molecule has 1 aliphatic heterocycles. The maximum Gasteiger partial charge on any atom is 0.337 e. The minimum atomic E-state index is -0.994. The second kappa shape index (κ2) is 8.08. The molecule has 9 nitrogen and oxygen atoms in total. The molecule has 3 rings (SSSR count). The van der Waals surface area contributed by atoms with E-state index in [1.165, 1.54) is 30.0 Å². The van der Waals surface area contributed by atoms with Crippen molar-refractivity contribution >= 4 is 29.2 Å². The summed E-state index contributed by atoms with van der Waals surface area (Å²) >= 11 is 1.26. The lowest BCUT2D eigenvalue weighted by molar-refractivity contribution is -0.385. The van der Waals surface area contributed by atoms with Gasteiger partial charge in [0.15, 0.2) is 5.16 Å². The predicted molar refractivity (Wildman–Crippen MR) is 109 cm³/mol. The van der Waals surface area contributed by atoms with Crippen molar-refractivity contribution in [1.29, 1.82) is 0 Å². The molecule has 1 atom stereocenters. The molecule has 0 radical (unpaired) electrons. The molecule has 2 N–H and O–H groups in total. The molecule has 1 aromatic heterocycles. The van der Waals surface area contributed by atoms with Gasteiger partial charge in [0, 0.05) is 17.3 Å². The van der Waals surface area contributed by atoms with Gasteiger partial charge in [-0.2, -0.15) is 0 Å². The predicted octanol–water partition coefficient (Wildman–Crippen LogP) is 3.18. The van der Waals surface area contributed by atoms with Crippen LogP contribution in [0.1, 0.15) is 37.8 Å². The molecular weight excluding hydrogens is 396 g/mol. The van der Waals surface area contributed by atoms with E-state index in [1.54, 1.807) is 33.1 Å². The fraction of sp³-hybridized carbons (Fsp3) is 0.316. The van der Waals surface area contributed by atoms with Crippen LogP contribution in [0.15, 0.2) is 45.5 Å². The summed E-state index contributed by atoms with van der Waals surface area (Å²) in [5, 5.41) is 15.0. The summed E-state index contributed by atoms with van der Waals surface area (Å²) in [6, 6.07) is 6.04. The van der Waals surface area contributed by atoms with Crippen molar-refractivity contribution < 1.29 is 14.5 Å². The number of para-hydroxylation sites is 1. The van der Waals surface area contributed by atoms with Gasteiger partial charge in [0.05, 0.1) is 28.1 Å². The Bertz CT molecular complexity index is 1080. The molecule has 0 saturated carbocycles. The van der Waals surface area contributed by atoms with Crippen molar-refractivity contribution in [2.75, 3.05) is 11.6 Å². The quantitative estimate of drug-likeness (QED) is 0.250. The van der Waals surface area contributed by atoms with Crippen LogP contribution < -0.4 is 10.9 Å². The van der Waals surface area contributed by atoms with Crippen LogP contribution in [-0.2, 0) is 9.53 Å². The molecule has 2 aromatic rings. The number of aromatic nitrogens is 2. The number of fused-ring (bicyclic) bond motifs is 1. The number of rotatable bonds is 5. The van der Waals surface area contributed by atoms with E-state index in [1.807, 2.05) is 0 Å². The summed E-state index contributed by atoms with van der Waals surface area (Å²) in [5.74, 6) is -1.38. The maximum absolute atomic E-state index is 12.9. The topological polar surface area (TPSA) is 127 Å². The third kappa shape index (κ3) is 3.88. The summed E-state index contributed by atoms with van der Waals surface area (Å²) in [6.07, 6.45) is 1.37. The van der Waals surface area contributed by atoms with Crippen molar-refractivity contribution in [2.24, 2.45) is 0 Å². The summed E-state index contributed by atoms with van der Waals surface area (Å²) in [4.78, 5) is 44.0. The van der Waals surface area contributed by atoms with Gasteiger partial charge in [0.25, 0.3) is 11.2 Å². The third-order valence-electron chi connectivity index (χ3n) is 4.42. The Morgan fingerprint density at radius 1 is 1.34 bits per heavy atom. The van der Waals surface area contributed by atoms with Crippen LogP contribution in [0.4, 0.5) is 11.5 Å². The number of H-pyrrole nitrogens is 1. The van der Waals surface area contributed by atoms with Gasteiger partial charge in [-0.3, -0.25) is 14.9 Å². The Balaban J connectivity index is 2.32. The van der Waals surface area contributed by atoms with Gasteiger partial charge in [-0.05, 0) is 27.0 Å². The van der Waals surface area contributed by atoms with Crippen LogP contribution in [0.25, 0.3) is 0 Å². The highest BCUT2D eigenvalue weighted by Gasteiger charge is 2.39. The first-order chi connectivity index (χ1) is 13.7. The highest BCUT2D eigenvalue weighted by atomic mass is 32.2. The standard InChI is InChI=1S/C19H20N4O5S/c1-9(2)28-18(25)13-10(3)20-16-15(17(24)22-19(21-16)29-4)14(13)11-7-5-6-8-12(11)23(26)27/h5-9,14H,1-4H3,(H2,20,21,22,24). The van der Waals surface area contributed by atoms with E-state index in [4.69, 9.17) is 4.74 Å². The van der Waals surface area contributed by atoms with Crippen LogP contribution in [0.3, 0.4) is 0 Å². The number of thioether (sulfide) groups is 1. The van der Waals surface area contributed by atoms with Gasteiger partial charge < -0.3 is 15.0 Å². The lowest BCUT2D eigenvalue weighted by Crippen LogP contribution is -2.32. The molecular formula is C19H20N4O5S. The lowest BCUT2D eigenvalue weighted by atomic mass is 9.81. The molecule has 1 unspecified atom stereocenters. The van der Waals surface area contributed by atoms with Crippen LogP contribution in [0.2, 0.25) is 0 Å². The molecule has 29 heavy (non-hydrogen) atoms. The van der Waals surface area contributed by atoms with Gasteiger partial charge in [0.1, 0.15) is 5.82 Å². The summed E-state index contributed by atoms with van der Waals surface area (Å²) in [6.45, 7) is 5.07. The summed E-state index contributed by atoms with van der Waals surface area (Å²) < 4.78 is 5.37. The zero-order valence-corrected chi connectivity index (χ0v) is 17.1. The zero-order valence-electron chi connectivity index (χ0n) is 16.3. The molecule has 0 aliphatic carbocycles. The lowest BCUT2D eigenvalue weighted by Gasteiger charge is -2.29. The van der Waals surface area contributed by atoms with E-state index in [2.05, 4.69) is 15.3 Å². The number of hydrogen-bond donors (Lipinski definition) is 2. The number of aromatic amines is 1. The monoisotopic (exact) mass is 416 g/mol. The van der Waals surface area contributed by atoms with Crippen molar-refractivity contribution in [3.8, 4) is 0 Å². The number of benzene rings is 1. The van der Waals surface area contributed by atoms with E-state index in [9.17, 15) is 19.7 Å². The fourth-order valence-electron chi connectivity index (χ4n) is 3.28. The van der Waals surface area contributed by atoms with Gasteiger partial charge >= 0.3 is 5.97 Å². The van der Waals surface area contributed by atoms with E-state index in [-0.39, 0.29) is 28.2 Å². The number of carbonyl (C=O) groups is 1. The Morgan fingerprint density at radius 3 is 2.66 bits per heavy atom. The average Bonchev–Trinajstić information content (AvgIpc) is 2.65. The van der Waals surface area contributed by atoms with Crippen molar-refractivity contribution in [3.63, 3.8) is 0 Å². The molecule has 10 heteroatoms. The van der Waals surface area contributed by atoms with Gasteiger partial charge in [0.2, 0.25) is 0 Å². The minimum Gasteiger partial charge on any atom is -0.460 e. The number of nitrogens with zero attached hydrogens (tertiary/aromatic N) is 2. The van der Waals surface area contributed by atoms with Gasteiger partial charge in [-0.1, -0.05) is 30.0 Å². The highest BCUT2D eigenvalue weighted by molar-refractivity contribution is 7.98. The largest absolute Gasteiger partial charge is 0.460 e. The van der Waals surface area contributed by atoms with Crippen LogP contribution in [0.5, 0.6) is 0 Å². The Labute approximate surface area is 170 Å². The highest BCUT2D eigenvalue weighted by Crippen LogP contribution is 2.43. The zero-order chi connectivity index (χ0) is 21.3. The Hall–Kier alpha value is -3.14. The number of nitrogens with one attached hydrogen (secondary N) is 2. The number of anilines is 1. The average molecular weight is 416 g/mol. The van der Waals surface area contributed by atoms with Gasteiger partial charge in [-0.25, -0.2) is 9.78 Å². The Kier molecular flexibility index (Phi) is 5.73. The van der Waals surface area contributed by atoms with E-state index in [0.29, 0.717) is 10.9 Å². The number of nitro groups is 1. The summed E-state index contributed by atoms with van der Waals surface area (Å²) in [7, 11) is 0. The van der Waals surface area contributed by atoms with Gasteiger partial charge in [-0.15, -0.1) is 0 Å². The first kappa shape index (κ1) is 20.6. The number of allylic oxidation sites excluding steroid dienone is 1. The maximum atomic E-state index is 12.9. The molecule has 0 saturated heterocycles. The Morgan fingerprint density at radius 2 is 2.03 bits per heavy atom. The first-order valence-electron chi connectivity index (χ1n) is 8.84. The van der Waals surface area contributed by atoms with Crippen molar-refractivity contribution in [3.05, 3.63) is 67.1 Å². The number of hydrogen-bond acceptors (Lipinski definition) is 8.